The van der Waals surface area contributed by atoms with Crippen LogP contribution in [0.25, 0.3) is 0 Å². The summed E-state index contributed by atoms with van der Waals surface area (Å²) >= 11 is 0. The van der Waals surface area contributed by atoms with E-state index in [-0.39, 0.29) is 0 Å². The highest BCUT2D eigenvalue weighted by atomic mass is 16.2. The van der Waals surface area contributed by atoms with Crippen molar-refractivity contribution in [2.45, 2.75) is 44.6 Å². The van der Waals surface area contributed by atoms with Gasteiger partial charge in [0.1, 0.15) is 0 Å². The van der Waals surface area contributed by atoms with Crippen molar-refractivity contribution in [2.75, 3.05) is 39.3 Å². The SMILES string of the molecule is O=C(CC1CCNCC1)N1CCC(N2CCCC2)C1. The third-order valence-electron chi connectivity index (χ3n) is 5.10. The van der Waals surface area contributed by atoms with E-state index in [1.807, 2.05) is 0 Å². The molecular formula is C15H27N3O. The molecule has 3 saturated heterocycles. The van der Waals surface area contributed by atoms with E-state index in [4.69, 9.17) is 0 Å². The van der Waals surface area contributed by atoms with Gasteiger partial charge in [0.05, 0.1) is 0 Å². The molecule has 0 aromatic heterocycles. The van der Waals surface area contributed by atoms with E-state index in [9.17, 15) is 4.79 Å². The van der Waals surface area contributed by atoms with Gasteiger partial charge in [-0.2, -0.15) is 0 Å². The Kier molecular flexibility index (Phi) is 4.38. The lowest BCUT2D eigenvalue weighted by atomic mass is 9.94. The van der Waals surface area contributed by atoms with E-state index in [1.54, 1.807) is 0 Å². The van der Waals surface area contributed by atoms with Gasteiger partial charge in [0, 0.05) is 25.6 Å². The lowest BCUT2D eigenvalue weighted by Crippen LogP contribution is -2.38. The van der Waals surface area contributed by atoms with E-state index in [1.165, 1.54) is 45.2 Å². The second-order valence-corrected chi connectivity index (χ2v) is 6.42. The fourth-order valence-electron chi connectivity index (χ4n) is 3.84. The maximum Gasteiger partial charge on any atom is 0.222 e. The third-order valence-corrected chi connectivity index (χ3v) is 5.10. The van der Waals surface area contributed by atoms with Gasteiger partial charge in [0.2, 0.25) is 5.91 Å². The summed E-state index contributed by atoms with van der Waals surface area (Å²) in [7, 11) is 0. The number of hydrogen-bond donors (Lipinski definition) is 1. The van der Waals surface area contributed by atoms with Crippen molar-refractivity contribution in [1.29, 1.82) is 0 Å². The van der Waals surface area contributed by atoms with Gasteiger partial charge in [-0.25, -0.2) is 0 Å². The zero-order chi connectivity index (χ0) is 13.1. The number of amides is 1. The summed E-state index contributed by atoms with van der Waals surface area (Å²) in [5, 5.41) is 3.37. The first kappa shape index (κ1) is 13.4. The second kappa shape index (κ2) is 6.23. The van der Waals surface area contributed by atoms with Crippen molar-refractivity contribution in [3.63, 3.8) is 0 Å². The van der Waals surface area contributed by atoms with Crippen LogP contribution in [0.15, 0.2) is 0 Å². The van der Waals surface area contributed by atoms with Gasteiger partial charge < -0.3 is 10.2 Å². The van der Waals surface area contributed by atoms with Gasteiger partial charge in [-0.15, -0.1) is 0 Å². The molecule has 1 N–H and O–H groups in total. The highest BCUT2D eigenvalue weighted by Crippen LogP contribution is 2.23. The molecule has 1 amide bonds. The number of carbonyl (C=O) groups excluding carboxylic acids is 1. The molecule has 3 rings (SSSR count). The number of carbonyl (C=O) groups is 1. The Hall–Kier alpha value is -0.610. The third kappa shape index (κ3) is 3.29. The highest BCUT2D eigenvalue weighted by molar-refractivity contribution is 5.76. The van der Waals surface area contributed by atoms with Crippen LogP contribution in [0.1, 0.15) is 38.5 Å². The number of hydrogen-bond acceptors (Lipinski definition) is 3. The van der Waals surface area contributed by atoms with E-state index in [0.29, 0.717) is 17.9 Å². The van der Waals surface area contributed by atoms with Crippen LogP contribution in [-0.4, -0.2) is 61.0 Å². The zero-order valence-corrected chi connectivity index (χ0v) is 11.9. The molecule has 3 fully saturated rings. The standard InChI is InChI=1S/C15H27N3O/c19-15(11-13-3-6-16-7-4-13)18-10-5-14(12-18)17-8-1-2-9-17/h13-14,16H,1-12H2. The molecule has 0 spiro atoms. The Balaban J connectivity index is 1.45. The predicted octanol–water partition coefficient (Wildman–Crippen LogP) is 1.07. The maximum atomic E-state index is 12.4. The molecule has 3 aliphatic heterocycles. The fraction of sp³-hybridized carbons (Fsp3) is 0.933. The number of nitrogens with one attached hydrogen (secondary N) is 1. The zero-order valence-electron chi connectivity index (χ0n) is 11.9. The average Bonchev–Trinajstić information content (AvgIpc) is 3.11. The minimum Gasteiger partial charge on any atom is -0.341 e. The van der Waals surface area contributed by atoms with Crippen LogP contribution < -0.4 is 5.32 Å². The van der Waals surface area contributed by atoms with Crippen molar-refractivity contribution in [2.24, 2.45) is 5.92 Å². The quantitative estimate of drug-likeness (QED) is 0.829. The largest absolute Gasteiger partial charge is 0.341 e. The summed E-state index contributed by atoms with van der Waals surface area (Å²) < 4.78 is 0. The lowest BCUT2D eigenvalue weighted by Gasteiger charge is -2.26. The molecule has 4 nitrogen and oxygen atoms in total. The molecule has 108 valence electrons. The van der Waals surface area contributed by atoms with E-state index in [0.717, 1.165) is 32.6 Å². The van der Waals surface area contributed by atoms with Crippen LogP contribution in [0, 0.1) is 5.92 Å². The molecule has 0 bridgehead atoms. The number of piperidine rings is 1. The Labute approximate surface area is 116 Å². The first-order valence-corrected chi connectivity index (χ1v) is 8.05. The molecule has 1 atom stereocenters. The Morgan fingerprint density at radius 3 is 2.53 bits per heavy atom. The molecule has 3 aliphatic rings. The summed E-state index contributed by atoms with van der Waals surface area (Å²) in [5.74, 6) is 1.04. The summed E-state index contributed by atoms with van der Waals surface area (Å²) in [6.07, 6.45) is 7.02. The molecule has 0 saturated carbocycles. The molecule has 0 aromatic carbocycles. The number of likely N-dealkylation sites (tertiary alicyclic amines) is 2. The van der Waals surface area contributed by atoms with Crippen molar-refractivity contribution in [1.82, 2.24) is 15.1 Å². The second-order valence-electron chi connectivity index (χ2n) is 6.42. The van der Waals surface area contributed by atoms with Gasteiger partial charge in [0.25, 0.3) is 0 Å². The van der Waals surface area contributed by atoms with Gasteiger partial charge in [-0.1, -0.05) is 0 Å². The van der Waals surface area contributed by atoms with E-state index in [2.05, 4.69) is 15.1 Å². The summed E-state index contributed by atoms with van der Waals surface area (Å²) in [6.45, 7) is 6.67. The number of nitrogens with zero attached hydrogens (tertiary/aromatic N) is 2. The molecule has 3 heterocycles. The lowest BCUT2D eigenvalue weighted by molar-refractivity contribution is -0.131. The molecular weight excluding hydrogens is 238 g/mol. The fourth-order valence-corrected chi connectivity index (χ4v) is 3.84. The van der Waals surface area contributed by atoms with Gasteiger partial charge in [0.15, 0.2) is 0 Å². The van der Waals surface area contributed by atoms with Crippen LogP contribution in [0.5, 0.6) is 0 Å². The predicted molar refractivity (Wildman–Crippen MR) is 76.0 cm³/mol. The Morgan fingerprint density at radius 2 is 1.79 bits per heavy atom. The first-order chi connectivity index (χ1) is 9.33. The van der Waals surface area contributed by atoms with Crippen molar-refractivity contribution in [3.8, 4) is 0 Å². The van der Waals surface area contributed by atoms with Crippen molar-refractivity contribution in [3.05, 3.63) is 0 Å². The van der Waals surface area contributed by atoms with Crippen LogP contribution in [-0.2, 0) is 4.79 Å². The molecule has 0 aromatic rings. The summed E-state index contributed by atoms with van der Waals surface area (Å²) in [5.41, 5.74) is 0. The van der Waals surface area contributed by atoms with Gasteiger partial charge in [-0.3, -0.25) is 9.69 Å². The van der Waals surface area contributed by atoms with Crippen molar-refractivity contribution >= 4 is 5.91 Å². The van der Waals surface area contributed by atoms with Crippen LogP contribution in [0.3, 0.4) is 0 Å². The monoisotopic (exact) mass is 265 g/mol. The van der Waals surface area contributed by atoms with Crippen LogP contribution in [0.4, 0.5) is 0 Å². The maximum absolute atomic E-state index is 12.4. The van der Waals surface area contributed by atoms with E-state index < -0.39 is 0 Å². The van der Waals surface area contributed by atoms with Gasteiger partial charge >= 0.3 is 0 Å². The van der Waals surface area contributed by atoms with Crippen LogP contribution in [0.2, 0.25) is 0 Å². The molecule has 19 heavy (non-hydrogen) atoms. The van der Waals surface area contributed by atoms with Gasteiger partial charge in [-0.05, 0) is 64.2 Å². The Morgan fingerprint density at radius 1 is 1.05 bits per heavy atom. The smallest absolute Gasteiger partial charge is 0.222 e. The summed E-state index contributed by atoms with van der Waals surface area (Å²) in [4.78, 5) is 17.1. The minimum atomic E-state index is 0.411. The first-order valence-electron chi connectivity index (χ1n) is 8.05. The van der Waals surface area contributed by atoms with Crippen LogP contribution >= 0.6 is 0 Å². The molecule has 1 unspecified atom stereocenters. The normalized spacial score (nSPS) is 30.1. The minimum absolute atomic E-state index is 0.411. The molecule has 4 heteroatoms. The van der Waals surface area contributed by atoms with E-state index >= 15 is 0 Å². The molecule has 0 radical (unpaired) electrons. The topological polar surface area (TPSA) is 35.6 Å². The molecule has 0 aliphatic carbocycles. The summed E-state index contributed by atoms with van der Waals surface area (Å²) in [6, 6.07) is 0.652. The highest BCUT2D eigenvalue weighted by Gasteiger charge is 2.32. The average molecular weight is 265 g/mol. The van der Waals surface area contributed by atoms with Crippen molar-refractivity contribution < 1.29 is 4.79 Å². The number of rotatable bonds is 3. The Bertz CT molecular complexity index is 309.